The van der Waals surface area contributed by atoms with Gasteiger partial charge in [0.1, 0.15) is 11.5 Å². The first-order valence-corrected chi connectivity index (χ1v) is 9.23. The SMILES string of the molecule is COc1cccc([C@H]2CCCN2Cc2[nH]c3ccc(OC)cc3c2C)c1. The molecule has 0 bridgehead atoms. The fourth-order valence-corrected chi connectivity index (χ4v) is 4.09. The van der Waals surface area contributed by atoms with E-state index in [0.717, 1.165) is 24.6 Å². The molecule has 0 amide bonds. The number of aromatic amines is 1. The van der Waals surface area contributed by atoms with Crippen LogP contribution in [0, 0.1) is 6.92 Å². The van der Waals surface area contributed by atoms with Crippen molar-refractivity contribution in [3.63, 3.8) is 0 Å². The fourth-order valence-electron chi connectivity index (χ4n) is 4.09. The van der Waals surface area contributed by atoms with E-state index >= 15 is 0 Å². The fraction of sp³-hybridized carbons (Fsp3) is 0.364. The number of nitrogens with one attached hydrogen (secondary N) is 1. The highest BCUT2D eigenvalue weighted by Crippen LogP contribution is 2.35. The molecule has 1 atom stereocenters. The first-order chi connectivity index (χ1) is 12.7. The highest BCUT2D eigenvalue weighted by Gasteiger charge is 2.27. The number of nitrogens with zero attached hydrogens (tertiary/aromatic N) is 1. The molecule has 26 heavy (non-hydrogen) atoms. The predicted octanol–water partition coefficient (Wildman–Crippen LogP) is 4.83. The van der Waals surface area contributed by atoms with E-state index in [1.165, 1.54) is 40.6 Å². The zero-order chi connectivity index (χ0) is 18.1. The average Bonchev–Trinajstić information content (AvgIpc) is 3.27. The van der Waals surface area contributed by atoms with Crippen LogP contribution in [0.3, 0.4) is 0 Å². The number of ether oxygens (including phenoxy) is 2. The monoisotopic (exact) mass is 350 g/mol. The molecule has 1 aliphatic rings. The Morgan fingerprint density at radius 2 is 1.88 bits per heavy atom. The Hall–Kier alpha value is -2.46. The molecule has 4 rings (SSSR count). The normalized spacial score (nSPS) is 17.7. The van der Waals surface area contributed by atoms with Gasteiger partial charge >= 0.3 is 0 Å². The van der Waals surface area contributed by atoms with Gasteiger partial charge in [-0.25, -0.2) is 0 Å². The third kappa shape index (κ3) is 3.06. The molecule has 1 aliphatic heterocycles. The quantitative estimate of drug-likeness (QED) is 0.716. The van der Waals surface area contributed by atoms with E-state index in [2.05, 4.69) is 47.1 Å². The Kier molecular flexibility index (Phi) is 4.60. The zero-order valence-corrected chi connectivity index (χ0v) is 15.7. The van der Waals surface area contributed by atoms with Gasteiger partial charge in [0, 0.05) is 29.2 Å². The summed E-state index contributed by atoms with van der Waals surface area (Å²) in [7, 11) is 3.45. The molecule has 4 nitrogen and oxygen atoms in total. The molecule has 3 aromatic rings. The van der Waals surface area contributed by atoms with Gasteiger partial charge in [0.2, 0.25) is 0 Å². The summed E-state index contributed by atoms with van der Waals surface area (Å²) >= 11 is 0. The molecule has 1 fully saturated rings. The van der Waals surface area contributed by atoms with Crippen LogP contribution in [-0.2, 0) is 6.54 Å². The van der Waals surface area contributed by atoms with E-state index in [0.29, 0.717) is 6.04 Å². The van der Waals surface area contributed by atoms with Crippen LogP contribution in [-0.4, -0.2) is 30.6 Å². The molecule has 1 saturated heterocycles. The van der Waals surface area contributed by atoms with Crippen LogP contribution in [0.15, 0.2) is 42.5 Å². The molecular weight excluding hydrogens is 324 g/mol. The van der Waals surface area contributed by atoms with Crippen molar-refractivity contribution < 1.29 is 9.47 Å². The van der Waals surface area contributed by atoms with Crippen molar-refractivity contribution in [2.24, 2.45) is 0 Å². The molecule has 0 aliphatic carbocycles. The summed E-state index contributed by atoms with van der Waals surface area (Å²) in [4.78, 5) is 6.19. The number of benzene rings is 2. The second-order valence-electron chi connectivity index (χ2n) is 7.05. The summed E-state index contributed by atoms with van der Waals surface area (Å²) in [5.74, 6) is 1.84. The summed E-state index contributed by atoms with van der Waals surface area (Å²) in [6.45, 7) is 4.26. The smallest absolute Gasteiger partial charge is 0.119 e. The zero-order valence-electron chi connectivity index (χ0n) is 15.7. The summed E-state index contributed by atoms with van der Waals surface area (Å²) < 4.78 is 10.8. The first-order valence-electron chi connectivity index (χ1n) is 9.23. The Bertz CT molecular complexity index is 916. The van der Waals surface area contributed by atoms with Crippen LogP contribution in [0.2, 0.25) is 0 Å². The number of likely N-dealkylation sites (tertiary alicyclic amines) is 1. The maximum Gasteiger partial charge on any atom is 0.119 e. The summed E-state index contributed by atoms with van der Waals surface area (Å²) in [5, 5.41) is 1.25. The molecule has 2 aromatic carbocycles. The molecule has 0 spiro atoms. The highest BCUT2D eigenvalue weighted by molar-refractivity contribution is 5.85. The van der Waals surface area contributed by atoms with Gasteiger partial charge < -0.3 is 14.5 Å². The Morgan fingerprint density at radius 1 is 1.08 bits per heavy atom. The van der Waals surface area contributed by atoms with Gasteiger partial charge in [0.05, 0.1) is 14.2 Å². The minimum atomic E-state index is 0.449. The molecule has 0 unspecified atom stereocenters. The average molecular weight is 350 g/mol. The van der Waals surface area contributed by atoms with Gasteiger partial charge in [-0.3, -0.25) is 4.90 Å². The topological polar surface area (TPSA) is 37.5 Å². The minimum absolute atomic E-state index is 0.449. The molecule has 2 heterocycles. The van der Waals surface area contributed by atoms with Gasteiger partial charge in [-0.2, -0.15) is 0 Å². The Morgan fingerprint density at radius 3 is 2.69 bits per heavy atom. The third-order valence-corrected chi connectivity index (χ3v) is 5.57. The lowest BCUT2D eigenvalue weighted by atomic mass is 10.0. The maximum atomic E-state index is 5.41. The number of hydrogen-bond donors (Lipinski definition) is 1. The summed E-state index contributed by atoms with van der Waals surface area (Å²) in [6.07, 6.45) is 2.43. The molecule has 1 aromatic heterocycles. The van der Waals surface area contributed by atoms with Crippen LogP contribution in [0.5, 0.6) is 11.5 Å². The van der Waals surface area contributed by atoms with E-state index in [1.54, 1.807) is 14.2 Å². The molecule has 0 saturated carbocycles. The van der Waals surface area contributed by atoms with Crippen LogP contribution in [0.1, 0.15) is 35.7 Å². The van der Waals surface area contributed by atoms with Crippen molar-refractivity contribution >= 4 is 10.9 Å². The molecule has 136 valence electrons. The van der Waals surface area contributed by atoms with Gasteiger partial charge in [-0.05, 0) is 67.8 Å². The summed E-state index contributed by atoms with van der Waals surface area (Å²) in [6, 6.07) is 15.2. The third-order valence-electron chi connectivity index (χ3n) is 5.57. The number of aryl methyl sites for hydroxylation is 1. The standard InChI is InChI=1S/C22H26N2O2/c1-15-19-13-18(26-3)9-10-20(19)23-21(15)14-24-11-5-8-22(24)16-6-4-7-17(12-16)25-2/h4,6-7,9-10,12-13,22-23H,5,8,11,14H2,1-3H3/t22-/m1/s1. The number of H-pyrrole nitrogens is 1. The van der Waals surface area contributed by atoms with Crippen molar-refractivity contribution in [2.75, 3.05) is 20.8 Å². The van der Waals surface area contributed by atoms with Crippen molar-refractivity contribution in [1.29, 1.82) is 0 Å². The van der Waals surface area contributed by atoms with E-state index < -0.39 is 0 Å². The molecule has 1 N–H and O–H groups in total. The lowest BCUT2D eigenvalue weighted by Crippen LogP contribution is -2.23. The van der Waals surface area contributed by atoms with Gasteiger partial charge in [-0.1, -0.05) is 12.1 Å². The van der Waals surface area contributed by atoms with E-state index in [4.69, 9.17) is 9.47 Å². The first kappa shape index (κ1) is 17.0. The van der Waals surface area contributed by atoms with Gasteiger partial charge in [-0.15, -0.1) is 0 Å². The van der Waals surface area contributed by atoms with Crippen LogP contribution in [0.4, 0.5) is 0 Å². The number of aromatic nitrogens is 1. The lowest BCUT2D eigenvalue weighted by Gasteiger charge is -2.25. The highest BCUT2D eigenvalue weighted by atomic mass is 16.5. The van der Waals surface area contributed by atoms with Crippen LogP contribution in [0.25, 0.3) is 10.9 Å². The van der Waals surface area contributed by atoms with E-state index in [1.807, 2.05) is 12.1 Å². The number of methoxy groups -OCH3 is 2. The van der Waals surface area contributed by atoms with Gasteiger partial charge in [0.25, 0.3) is 0 Å². The lowest BCUT2D eigenvalue weighted by molar-refractivity contribution is 0.245. The Labute approximate surface area is 154 Å². The van der Waals surface area contributed by atoms with Crippen molar-refractivity contribution in [1.82, 2.24) is 9.88 Å². The molecule has 0 radical (unpaired) electrons. The summed E-state index contributed by atoms with van der Waals surface area (Å²) in [5.41, 5.74) is 5.13. The van der Waals surface area contributed by atoms with Gasteiger partial charge in [0.15, 0.2) is 0 Å². The maximum absolute atomic E-state index is 5.41. The Balaban J connectivity index is 1.61. The minimum Gasteiger partial charge on any atom is -0.497 e. The second-order valence-corrected chi connectivity index (χ2v) is 7.05. The van der Waals surface area contributed by atoms with E-state index in [9.17, 15) is 0 Å². The number of hydrogen-bond acceptors (Lipinski definition) is 3. The predicted molar refractivity (Wildman–Crippen MR) is 105 cm³/mol. The van der Waals surface area contributed by atoms with E-state index in [-0.39, 0.29) is 0 Å². The van der Waals surface area contributed by atoms with Crippen molar-refractivity contribution in [2.45, 2.75) is 32.4 Å². The van der Waals surface area contributed by atoms with Crippen LogP contribution < -0.4 is 9.47 Å². The largest absolute Gasteiger partial charge is 0.497 e. The number of fused-ring (bicyclic) bond motifs is 1. The second kappa shape index (κ2) is 7.04. The molecular formula is C22H26N2O2. The molecule has 4 heteroatoms. The van der Waals surface area contributed by atoms with Crippen LogP contribution >= 0.6 is 0 Å². The number of rotatable bonds is 5. The van der Waals surface area contributed by atoms with Crippen molar-refractivity contribution in [3.8, 4) is 11.5 Å². The van der Waals surface area contributed by atoms with Crippen molar-refractivity contribution in [3.05, 3.63) is 59.3 Å².